The average molecular weight is 580 g/mol. The van der Waals surface area contributed by atoms with Crippen LogP contribution in [0.2, 0.25) is 5.02 Å². The predicted octanol–water partition coefficient (Wildman–Crippen LogP) is 5.73. The van der Waals surface area contributed by atoms with Crippen molar-refractivity contribution in [3.63, 3.8) is 0 Å². The summed E-state index contributed by atoms with van der Waals surface area (Å²) in [6, 6.07) is 12.2. The standard InChI is InChI=1S/C30H37ClF3N3O3/c1-20(2)35(3)27(38)25-10-9-24(19-26(25)31)36-15-11-21(12-16-36)22-13-17-37(18-14-22)28(39)29(40,30(32,33)34)23-7-5-4-6-8-23/h4-10,19-22,40H,11-18H2,1-3H3/t29-/m1/s1. The number of nitrogens with zero attached hydrogens (tertiary/aromatic N) is 3. The average Bonchev–Trinajstić information content (AvgIpc) is 2.95. The quantitative estimate of drug-likeness (QED) is 0.475. The zero-order chi connectivity index (χ0) is 29.2. The van der Waals surface area contributed by atoms with Gasteiger partial charge in [0.1, 0.15) is 0 Å². The Balaban J connectivity index is 1.34. The lowest BCUT2D eigenvalue weighted by molar-refractivity contribution is -0.262. The highest BCUT2D eigenvalue weighted by atomic mass is 35.5. The fraction of sp³-hybridized carbons (Fsp3) is 0.533. The Bertz CT molecular complexity index is 1190. The fourth-order valence-electron chi connectivity index (χ4n) is 5.82. The first-order valence-corrected chi connectivity index (χ1v) is 14.2. The molecule has 2 amide bonds. The molecule has 10 heteroatoms. The summed E-state index contributed by atoms with van der Waals surface area (Å²) in [5.74, 6) is -0.720. The number of halogens is 4. The molecule has 0 unspecified atom stereocenters. The lowest BCUT2D eigenvalue weighted by Crippen LogP contribution is -2.57. The molecule has 2 aliphatic rings. The van der Waals surface area contributed by atoms with Gasteiger partial charge >= 0.3 is 6.18 Å². The molecule has 1 atom stereocenters. The summed E-state index contributed by atoms with van der Waals surface area (Å²) in [5, 5.41) is 11.1. The zero-order valence-electron chi connectivity index (χ0n) is 23.1. The van der Waals surface area contributed by atoms with E-state index in [2.05, 4.69) is 4.90 Å². The van der Waals surface area contributed by atoms with Gasteiger partial charge < -0.3 is 19.8 Å². The Labute approximate surface area is 238 Å². The first-order chi connectivity index (χ1) is 18.8. The van der Waals surface area contributed by atoms with Crippen LogP contribution in [-0.2, 0) is 10.4 Å². The van der Waals surface area contributed by atoms with Gasteiger partial charge in [-0.1, -0.05) is 41.9 Å². The van der Waals surface area contributed by atoms with Crippen molar-refractivity contribution in [1.82, 2.24) is 9.80 Å². The first-order valence-electron chi connectivity index (χ1n) is 13.8. The van der Waals surface area contributed by atoms with Crippen molar-refractivity contribution in [1.29, 1.82) is 0 Å². The molecule has 1 N–H and O–H groups in total. The number of hydrogen-bond acceptors (Lipinski definition) is 4. The summed E-state index contributed by atoms with van der Waals surface area (Å²) in [6.07, 6.45) is -2.09. The van der Waals surface area contributed by atoms with Crippen molar-refractivity contribution < 1.29 is 27.9 Å². The normalized spacial score (nSPS) is 19.0. The van der Waals surface area contributed by atoms with Gasteiger partial charge in [-0.2, -0.15) is 13.2 Å². The maximum atomic E-state index is 14.0. The molecule has 4 rings (SSSR count). The predicted molar refractivity (Wildman–Crippen MR) is 149 cm³/mol. The molecule has 0 spiro atoms. The van der Waals surface area contributed by atoms with Gasteiger partial charge in [-0.25, -0.2) is 0 Å². The van der Waals surface area contributed by atoms with E-state index < -0.39 is 23.2 Å². The number of alkyl halides is 3. The molecule has 6 nitrogen and oxygen atoms in total. The summed E-state index contributed by atoms with van der Waals surface area (Å²) < 4.78 is 41.9. The molecular weight excluding hydrogens is 543 g/mol. The van der Waals surface area contributed by atoms with Gasteiger partial charge in [0.05, 0.1) is 10.6 Å². The molecule has 0 radical (unpaired) electrons. The highest BCUT2D eigenvalue weighted by Crippen LogP contribution is 2.42. The van der Waals surface area contributed by atoms with E-state index in [9.17, 15) is 27.9 Å². The third kappa shape index (κ3) is 5.96. The van der Waals surface area contributed by atoms with E-state index in [-0.39, 0.29) is 25.0 Å². The number of carbonyl (C=O) groups excluding carboxylic acids is 2. The van der Waals surface area contributed by atoms with Gasteiger partial charge in [0, 0.05) is 50.5 Å². The van der Waals surface area contributed by atoms with Crippen LogP contribution in [0.5, 0.6) is 0 Å². The molecule has 2 aromatic carbocycles. The molecule has 2 aliphatic heterocycles. The van der Waals surface area contributed by atoms with Crippen molar-refractivity contribution in [2.45, 2.75) is 57.3 Å². The Hall–Kier alpha value is -2.78. The van der Waals surface area contributed by atoms with Gasteiger partial charge in [0.25, 0.3) is 17.4 Å². The summed E-state index contributed by atoms with van der Waals surface area (Å²) in [6.45, 7) is 5.87. The Kier molecular flexibility index (Phi) is 9.05. The number of aliphatic hydroxyl groups is 1. The third-order valence-corrected chi connectivity index (χ3v) is 8.90. The lowest BCUT2D eigenvalue weighted by atomic mass is 9.78. The van der Waals surface area contributed by atoms with E-state index in [1.165, 1.54) is 12.1 Å². The summed E-state index contributed by atoms with van der Waals surface area (Å²) in [5.41, 5.74) is -2.59. The largest absolute Gasteiger partial charge is 0.430 e. The second-order valence-electron chi connectivity index (χ2n) is 11.2. The lowest BCUT2D eigenvalue weighted by Gasteiger charge is -2.42. The number of amides is 2. The fourth-order valence-corrected chi connectivity index (χ4v) is 6.07. The minimum absolute atomic E-state index is 0.0620. The Morgan fingerprint density at radius 3 is 2.00 bits per heavy atom. The van der Waals surface area contributed by atoms with E-state index in [4.69, 9.17) is 11.6 Å². The van der Waals surface area contributed by atoms with E-state index in [1.54, 1.807) is 24.1 Å². The molecule has 2 fully saturated rings. The molecule has 0 saturated carbocycles. The molecular formula is C30H37ClF3N3O3. The minimum atomic E-state index is -5.13. The molecule has 40 heavy (non-hydrogen) atoms. The van der Waals surface area contributed by atoms with Gasteiger partial charge in [0.2, 0.25) is 0 Å². The summed E-state index contributed by atoms with van der Waals surface area (Å²) >= 11 is 6.49. The van der Waals surface area contributed by atoms with Crippen LogP contribution in [0.3, 0.4) is 0 Å². The van der Waals surface area contributed by atoms with Crippen LogP contribution < -0.4 is 4.90 Å². The van der Waals surface area contributed by atoms with Crippen molar-refractivity contribution in [3.05, 3.63) is 64.7 Å². The minimum Gasteiger partial charge on any atom is -0.371 e. The number of likely N-dealkylation sites (tertiary alicyclic amines) is 1. The second kappa shape index (κ2) is 12.0. The number of anilines is 1. The van der Waals surface area contributed by atoms with Crippen LogP contribution in [0.25, 0.3) is 0 Å². The van der Waals surface area contributed by atoms with Crippen LogP contribution in [-0.4, -0.2) is 72.2 Å². The number of hydrogen-bond donors (Lipinski definition) is 1. The zero-order valence-corrected chi connectivity index (χ0v) is 23.9. The molecule has 0 aliphatic carbocycles. The topological polar surface area (TPSA) is 64.1 Å². The van der Waals surface area contributed by atoms with E-state index in [0.29, 0.717) is 35.3 Å². The van der Waals surface area contributed by atoms with Crippen LogP contribution in [0.15, 0.2) is 48.5 Å². The van der Waals surface area contributed by atoms with Gasteiger partial charge in [-0.3, -0.25) is 9.59 Å². The second-order valence-corrected chi connectivity index (χ2v) is 11.6. The maximum absolute atomic E-state index is 14.0. The van der Waals surface area contributed by atoms with Crippen molar-refractivity contribution in [2.75, 3.05) is 38.1 Å². The van der Waals surface area contributed by atoms with Gasteiger partial charge in [-0.05, 0) is 69.6 Å². The first kappa shape index (κ1) is 30.2. The van der Waals surface area contributed by atoms with Gasteiger partial charge in [0.15, 0.2) is 0 Å². The Morgan fingerprint density at radius 1 is 0.950 bits per heavy atom. The smallest absolute Gasteiger partial charge is 0.371 e. The van der Waals surface area contributed by atoms with Crippen LogP contribution in [0.4, 0.5) is 18.9 Å². The van der Waals surface area contributed by atoms with Gasteiger partial charge in [-0.15, -0.1) is 0 Å². The molecule has 218 valence electrons. The maximum Gasteiger partial charge on any atom is 0.430 e. The van der Waals surface area contributed by atoms with Crippen LogP contribution in [0.1, 0.15) is 55.5 Å². The van der Waals surface area contributed by atoms with Crippen molar-refractivity contribution in [3.8, 4) is 0 Å². The number of piperidine rings is 2. The van der Waals surface area contributed by atoms with E-state index >= 15 is 0 Å². The molecule has 2 heterocycles. The molecule has 0 aromatic heterocycles. The third-order valence-electron chi connectivity index (χ3n) is 8.59. The van der Waals surface area contributed by atoms with Crippen LogP contribution in [0, 0.1) is 11.8 Å². The number of carbonyl (C=O) groups is 2. The van der Waals surface area contributed by atoms with Crippen LogP contribution >= 0.6 is 11.6 Å². The van der Waals surface area contributed by atoms with Crippen molar-refractivity contribution in [2.24, 2.45) is 11.8 Å². The van der Waals surface area contributed by atoms with Crippen molar-refractivity contribution >= 4 is 29.1 Å². The number of rotatable bonds is 6. The summed E-state index contributed by atoms with van der Waals surface area (Å²) in [7, 11) is 1.75. The monoisotopic (exact) mass is 579 g/mol. The highest BCUT2D eigenvalue weighted by Gasteiger charge is 2.62. The molecule has 2 saturated heterocycles. The SMILES string of the molecule is CC(C)N(C)C(=O)c1ccc(N2CCC(C3CCN(C(=O)[C@](O)(c4ccccc4)C(F)(F)F)CC3)CC2)cc1Cl. The number of benzene rings is 2. The Morgan fingerprint density at radius 2 is 1.50 bits per heavy atom. The summed E-state index contributed by atoms with van der Waals surface area (Å²) in [4.78, 5) is 30.8. The molecule has 0 bridgehead atoms. The van der Waals surface area contributed by atoms with E-state index in [1.807, 2.05) is 26.0 Å². The molecule has 2 aromatic rings. The highest BCUT2D eigenvalue weighted by molar-refractivity contribution is 6.34. The van der Waals surface area contributed by atoms with E-state index in [0.717, 1.165) is 48.7 Å².